The van der Waals surface area contributed by atoms with Crippen molar-refractivity contribution < 1.29 is 44.2 Å². The van der Waals surface area contributed by atoms with Crippen molar-refractivity contribution in [1.29, 1.82) is 0 Å². The van der Waals surface area contributed by atoms with Gasteiger partial charge in [-0.3, -0.25) is 0 Å². The van der Waals surface area contributed by atoms with Gasteiger partial charge in [-0.1, -0.05) is 49.5 Å². The van der Waals surface area contributed by atoms with E-state index in [0.29, 0.717) is 17.9 Å². The van der Waals surface area contributed by atoms with Crippen LogP contribution in [0.5, 0.6) is 5.75 Å². The summed E-state index contributed by atoms with van der Waals surface area (Å²) < 4.78 is 6.04. The van der Waals surface area contributed by atoms with Crippen molar-refractivity contribution >= 4 is 5.97 Å². The Bertz CT molecular complexity index is 720. The van der Waals surface area contributed by atoms with E-state index in [1.165, 1.54) is 44.9 Å². The van der Waals surface area contributed by atoms with Crippen molar-refractivity contribution in [2.75, 3.05) is 6.61 Å². The number of carboxylic acid groups (broad SMARTS) is 1. The number of rotatable bonds is 6. The zero-order chi connectivity index (χ0) is 19.1. The number of carbonyl (C=O) groups is 1. The van der Waals surface area contributed by atoms with Gasteiger partial charge in [0.15, 0.2) is 0 Å². The average Bonchev–Trinajstić information content (AvgIpc) is 2.67. The Hall–Kier alpha value is -1.21. The molecule has 1 aromatic carbocycles. The molecule has 1 saturated carbocycles. The Balaban J connectivity index is 0.00000280. The van der Waals surface area contributed by atoms with Gasteiger partial charge in [-0.25, -0.2) is 0 Å². The molecule has 0 saturated heterocycles. The minimum absolute atomic E-state index is 0. The Morgan fingerprint density at radius 2 is 1.96 bits per heavy atom. The molecule has 144 valence electrons. The summed E-state index contributed by atoms with van der Waals surface area (Å²) >= 11 is 0. The first-order chi connectivity index (χ1) is 13.1. The molecule has 0 heterocycles. The van der Waals surface area contributed by atoms with Gasteiger partial charge in [0.05, 0.1) is 12.5 Å². The van der Waals surface area contributed by atoms with E-state index >= 15 is 0 Å². The van der Waals surface area contributed by atoms with Gasteiger partial charge in [0.1, 0.15) is 5.75 Å². The van der Waals surface area contributed by atoms with Crippen LogP contribution in [0.15, 0.2) is 36.4 Å². The molecule has 3 rings (SSSR count). The molecule has 0 aliphatic heterocycles. The molecule has 0 radical (unpaired) electrons. The van der Waals surface area contributed by atoms with Gasteiger partial charge in [-0.2, -0.15) is 0 Å². The number of carboxylic acids is 1. The van der Waals surface area contributed by atoms with E-state index in [4.69, 9.17) is 4.74 Å². The molecule has 2 aliphatic carbocycles. The quantitative estimate of drug-likeness (QED) is 0.419. The van der Waals surface area contributed by atoms with Crippen molar-refractivity contribution in [3.8, 4) is 17.6 Å². The number of aliphatic carboxylic acids is 1. The van der Waals surface area contributed by atoms with Crippen LogP contribution in [0, 0.1) is 23.2 Å². The van der Waals surface area contributed by atoms with E-state index in [9.17, 15) is 9.90 Å². The van der Waals surface area contributed by atoms with Gasteiger partial charge in [0, 0.05) is 18.3 Å². The largest absolute Gasteiger partial charge is 1.00 e. The molecule has 0 bridgehead atoms. The Morgan fingerprint density at radius 3 is 2.61 bits per heavy atom. The maximum atomic E-state index is 10.9. The minimum Gasteiger partial charge on any atom is -0.550 e. The van der Waals surface area contributed by atoms with Crippen molar-refractivity contribution in [2.24, 2.45) is 11.3 Å². The summed E-state index contributed by atoms with van der Waals surface area (Å²) in [4.78, 5) is 10.9. The molecular formula is C24H29NaO3. The summed E-state index contributed by atoms with van der Waals surface area (Å²) in [7, 11) is 0. The van der Waals surface area contributed by atoms with Gasteiger partial charge in [-0.15, -0.1) is 5.92 Å². The van der Waals surface area contributed by atoms with Crippen LogP contribution in [0.4, 0.5) is 0 Å². The number of carbonyl (C=O) groups excluding carboxylic acids is 1. The summed E-state index contributed by atoms with van der Waals surface area (Å²) in [5.41, 5.74) is 1.40. The third-order valence-corrected chi connectivity index (χ3v) is 6.00. The molecule has 4 heteroatoms. The zero-order valence-electron chi connectivity index (χ0n) is 17.2. The van der Waals surface area contributed by atoms with Crippen LogP contribution in [-0.2, 0) is 4.79 Å². The summed E-state index contributed by atoms with van der Waals surface area (Å²) in [6.45, 7) is 2.42. The SMILES string of the molecule is CC#C[C@@H](CC(=O)[O-])c1ccc(OCC2C=CCC3(CCCCC3)C2)cc1.[Na+]. The second-order valence-electron chi connectivity index (χ2n) is 8.06. The Kier molecular flexibility index (Phi) is 9.15. The molecule has 1 unspecified atom stereocenters. The summed E-state index contributed by atoms with van der Waals surface area (Å²) in [5.74, 6) is 5.64. The second-order valence-corrected chi connectivity index (χ2v) is 8.06. The first-order valence-corrected chi connectivity index (χ1v) is 10.1. The minimum atomic E-state index is -1.08. The normalized spacial score (nSPS) is 21.1. The monoisotopic (exact) mass is 388 g/mol. The first-order valence-electron chi connectivity index (χ1n) is 10.1. The van der Waals surface area contributed by atoms with Gasteiger partial charge in [0.25, 0.3) is 0 Å². The fourth-order valence-electron chi connectivity index (χ4n) is 4.64. The standard InChI is InChI=1S/C24H30O3.Na/c1-2-7-21(16-23(25)26)20-9-11-22(12-10-20)27-18-19-8-6-15-24(17-19)13-4-3-5-14-24;/h6,8-12,19,21H,3-5,13-18H2,1H3,(H,25,26);/q;+1/p-1/t19?,21-;/m0./s1. The molecule has 0 N–H and O–H groups in total. The maximum absolute atomic E-state index is 10.9. The fourth-order valence-corrected chi connectivity index (χ4v) is 4.64. The van der Waals surface area contributed by atoms with E-state index in [-0.39, 0.29) is 41.9 Å². The van der Waals surface area contributed by atoms with Crippen molar-refractivity contribution in [3.63, 3.8) is 0 Å². The fraction of sp³-hybridized carbons (Fsp3) is 0.542. The summed E-state index contributed by atoms with van der Waals surface area (Å²) in [6.07, 6.45) is 13.9. The predicted molar refractivity (Wildman–Crippen MR) is 105 cm³/mol. The number of allylic oxidation sites excluding steroid dienone is 1. The molecule has 3 nitrogen and oxygen atoms in total. The van der Waals surface area contributed by atoms with Gasteiger partial charge < -0.3 is 14.6 Å². The molecule has 2 atom stereocenters. The van der Waals surface area contributed by atoms with Gasteiger partial charge in [-0.05, 0) is 55.7 Å². The summed E-state index contributed by atoms with van der Waals surface area (Å²) in [5, 5.41) is 10.9. The van der Waals surface area contributed by atoms with E-state index in [2.05, 4.69) is 24.0 Å². The van der Waals surface area contributed by atoms with Crippen LogP contribution in [0.3, 0.4) is 0 Å². The number of hydrogen-bond acceptors (Lipinski definition) is 3. The van der Waals surface area contributed by atoms with E-state index in [0.717, 1.165) is 11.3 Å². The van der Waals surface area contributed by atoms with Crippen molar-refractivity contribution in [2.45, 2.75) is 64.2 Å². The van der Waals surface area contributed by atoms with Crippen LogP contribution >= 0.6 is 0 Å². The molecule has 1 spiro atoms. The third kappa shape index (κ3) is 6.41. The molecule has 0 aromatic heterocycles. The smallest absolute Gasteiger partial charge is 0.550 e. The molecule has 1 fully saturated rings. The topological polar surface area (TPSA) is 49.4 Å². The average molecular weight is 388 g/mol. The zero-order valence-corrected chi connectivity index (χ0v) is 19.2. The maximum Gasteiger partial charge on any atom is 1.00 e. The van der Waals surface area contributed by atoms with E-state index < -0.39 is 5.97 Å². The number of hydrogen-bond donors (Lipinski definition) is 0. The number of benzene rings is 1. The predicted octanol–water partition coefficient (Wildman–Crippen LogP) is 1.23. The molecule has 1 aromatic rings. The van der Waals surface area contributed by atoms with Gasteiger partial charge in [0.2, 0.25) is 0 Å². The van der Waals surface area contributed by atoms with Crippen LogP contribution < -0.4 is 39.4 Å². The van der Waals surface area contributed by atoms with Crippen LogP contribution in [0.25, 0.3) is 0 Å². The summed E-state index contributed by atoms with van der Waals surface area (Å²) in [6, 6.07) is 7.65. The van der Waals surface area contributed by atoms with E-state index in [1.54, 1.807) is 6.92 Å². The molecular weight excluding hydrogens is 359 g/mol. The van der Waals surface area contributed by atoms with Crippen LogP contribution in [0.1, 0.15) is 69.8 Å². The molecule has 2 aliphatic rings. The van der Waals surface area contributed by atoms with Crippen molar-refractivity contribution in [3.05, 3.63) is 42.0 Å². The van der Waals surface area contributed by atoms with Crippen LogP contribution in [-0.4, -0.2) is 12.6 Å². The second kappa shape index (κ2) is 11.1. The van der Waals surface area contributed by atoms with E-state index in [1.807, 2.05) is 24.3 Å². The van der Waals surface area contributed by atoms with Gasteiger partial charge >= 0.3 is 29.6 Å². The third-order valence-electron chi connectivity index (χ3n) is 6.00. The Labute approximate surface area is 191 Å². The molecule has 0 amide bonds. The number of ether oxygens (including phenoxy) is 1. The Morgan fingerprint density at radius 1 is 1.25 bits per heavy atom. The first kappa shape index (κ1) is 23.1. The van der Waals surface area contributed by atoms with Crippen LogP contribution in [0.2, 0.25) is 0 Å². The van der Waals surface area contributed by atoms with Crippen molar-refractivity contribution in [1.82, 2.24) is 0 Å². The molecule has 28 heavy (non-hydrogen) atoms.